The van der Waals surface area contributed by atoms with Gasteiger partial charge in [0.1, 0.15) is 34.3 Å². The molecule has 6 heteroatoms. The summed E-state index contributed by atoms with van der Waals surface area (Å²) < 4.78 is 18.2. The topological polar surface area (TPSA) is 88.4 Å². The minimum absolute atomic E-state index is 0.145. The van der Waals surface area contributed by atoms with Gasteiger partial charge in [0.2, 0.25) is 0 Å². The molecule has 5 aromatic carbocycles. The Labute approximate surface area is 237 Å². The maximum atomic E-state index is 12.1. The number of fused-ring (bicyclic) bond motifs is 8. The van der Waals surface area contributed by atoms with Crippen molar-refractivity contribution in [1.82, 2.24) is 0 Å². The van der Waals surface area contributed by atoms with E-state index in [9.17, 15) is 15.3 Å². The summed E-state index contributed by atoms with van der Waals surface area (Å²) in [7, 11) is 3.25. The molecular weight excluding hydrogens is 516 g/mol. The van der Waals surface area contributed by atoms with E-state index in [2.05, 4.69) is 0 Å². The summed E-state index contributed by atoms with van der Waals surface area (Å²) in [6.07, 6.45) is 3.98. The second kappa shape index (κ2) is 8.78. The van der Waals surface area contributed by atoms with Crippen LogP contribution in [-0.4, -0.2) is 29.5 Å². The highest BCUT2D eigenvalue weighted by molar-refractivity contribution is 6.08. The number of aliphatic hydroxyl groups is 1. The van der Waals surface area contributed by atoms with Crippen LogP contribution in [0.2, 0.25) is 0 Å². The van der Waals surface area contributed by atoms with Crippen LogP contribution in [0, 0.1) is 0 Å². The Kier molecular flexibility index (Phi) is 5.37. The molecule has 0 saturated carbocycles. The van der Waals surface area contributed by atoms with Crippen LogP contribution >= 0.6 is 0 Å². The molecule has 0 fully saturated rings. The molecule has 1 aliphatic carbocycles. The van der Waals surface area contributed by atoms with Gasteiger partial charge in [-0.2, -0.15) is 0 Å². The molecule has 0 bridgehead atoms. The van der Waals surface area contributed by atoms with E-state index < -0.39 is 11.2 Å². The van der Waals surface area contributed by atoms with Crippen molar-refractivity contribution in [2.75, 3.05) is 14.2 Å². The fraction of sp³-hybridized carbons (Fsp3) is 0.143. The smallest absolute Gasteiger partial charge is 0.178 e. The molecular formula is C35H28O6. The molecule has 6 nitrogen and oxygen atoms in total. The molecule has 2 aliphatic rings. The number of aromatic hydroxyl groups is 2. The number of benzene rings is 5. The maximum absolute atomic E-state index is 12.1. The van der Waals surface area contributed by atoms with Crippen LogP contribution in [-0.2, 0) is 11.2 Å². The zero-order chi connectivity index (χ0) is 28.5. The van der Waals surface area contributed by atoms with Gasteiger partial charge in [-0.1, -0.05) is 36.4 Å². The Balaban J connectivity index is 1.56. The lowest BCUT2D eigenvalue weighted by Crippen LogP contribution is -2.35. The molecule has 1 aliphatic heterocycles. The van der Waals surface area contributed by atoms with E-state index in [1.807, 2.05) is 79.7 Å². The molecule has 0 amide bonds. The van der Waals surface area contributed by atoms with Crippen molar-refractivity contribution in [3.63, 3.8) is 0 Å². The van der Waals surface area contributed by atoms with E-state index >= 15 is 0 Å². The first kappa shape index (κ1) is 25.1. The van der Waals surface area contributed by atoms with Crippen LogP contribution in [0.3, 0.4) is 0 Å². The Hall–Kier alpha value is -4.94. The van der Waals surface area contributed by atoms with Crippen molar-refractivity contribution < 1.29 is 29.5 Å². The monoisotopic (exact) mass is 544 g/mol. The summed E-state index contributed by atoms with van der Waals surface area (Å²) in [5.74, 6) is 2.24. The number of hydrogen-bond acceptors (Lipinski definition) is 6. The Morgan fingerprint density at radius 2 is 1.29 bits per heavy atom. The minimum Gasteiger partial charge on any atom is -0.508 e. The van der Waals surface area contributed by atoms with E-state index in [-0.39, 0.29) is 11.5 Å². The van der Waals surface area contributed by atoms with E-state index in [1.165, 1.54) is 0 Å². The van der Waals surface area contributed by atoms with Gasteiger partial charge in [0, 0.05) is 27.6 Å². The van der Waals surface area contributed by atoms with Crippen molar-refractivity contribution in [2.45, 2.75) is 18.1 Å². The fourth-order valence-electron chi connectivity index (χ4n) is 6.33. The molecule has 0 radical (unpaired) electrons. The van der Waals surface area contributed by atoms with Crippen molar-refractivity contribution in [1.29, 1.82) is 0 Å². The fourth-order valence-corrected chi connectivity index (χ4v) is 6.33. The van der Waals surface area contributed by atoms with Gasteiger partial charge in [0.05, 0.1) is 14.2 Å². The highest BCUT2D eigenvalue weighted by atomic mass is 16.5. The Morgan fingerprint density at radius 3 is 1.90 bits per heavy atom. The lowest BCUT2D eigenvalue weighted by Gasteiger charge is -2.38. The van der Waals surface area contributed by atoms with Gasteiger partial charge in [-0.25, -0.2) is 0 Å². The van der Waals surface area contributed by atoms with Gasteiger partial charge in [-0.15, -0.1) is 0 Å². The first-order valence-electron chi connectivity index (χ1n) is 13.3. The number of ether oxygens (including phenoxy) is 3. The summed E-state index contributed by atoms with van der Waals surface area (Å²) in [5, 5.41) is 34.0. The summed E-state index contributed by atoms with van der Waals surface area (Å²) >= 11 is 0. The maximum Gasteiger partial charge on any atom is 0.178 e. The van der Waals surface area contributed by atoms with E-state index in [4.69, 9.17) is 14.2 Å². The predicted octanol–water partition coefficient (Wildman–Crippen LogP) is 6.85. The zero-order valence-corrected chi connectivity index (χ0v) is 22.8. The van der Waals surface area contributed by atoms with E-state index in [1.54, 1.807) is 38.5 Å². The molecule has 1 unspecified atom stereocenters. The number of hydrogen-bond donors (Lipinski definition) is 3. The molecule has 41 heavy (non-hydrogen) atoms. The lowest BCUT2D eigenvalue weighted by molar-refractivity contribution is 0.105. The molecule has 0 aromatic heterocycles. The SMILES string of the molecule is COc1ccc2c(c1)C(C)(O)c1c3c(c4cc(OC)ccc4c1-2)OC(c1ccc(O)cc1)(c1ccc(O)cc1)C=C3. The van der Waals surface area contributed by atoms with Gasteiger partial charge in [0.25, 0.3) is 0 Å². The van der Waals surface area contributed by atoms with Gasteiger partial charge < -0.3 is 29.5 Å². The van der Waals surface area contributed by atoms with Crippen LogP contribution < -0.4 is 14.2 Å². The number of phenolic OH excluding ortho intramolecular Hbond substituents is 2. The van der Waals surface area contributed by atoms with Crippen LogP contribution in [0.5, 0.6) is 28.7 Å². The Bertz CT molecular complexity index is 1820. The zero-order valence-electron chi connectivity index (χ0n) is 22.8. The summed E-state index contributed by atoms with van der Waals surface area (Å²) in [5.41, 5.74) is 3.36. The van der Waals surface area contributed by atoms with Crippen molar-refractivity contribution in [3.05, 3.63) is 119 Å². The molecule has 7 rings (SSSR count). The summed E-state index contributed by atoms with van der Waals surface area (Å²) in [6.45, 7) is 1.81. The molecule has 3 N–H and O–H groups in total. The summed E-state index contributed by atoms with van der Waals surface area (Å²) in [4.78, 5) is 0. The third-order valence-electron chi connectivity index (χ3n) is 8.35. The molecule has 1 atom stereocenters. The molecule has 204 valence electrons. The van der Waals surface area contributed by atoms with Crippen molar-refractivity contribution in [2.24, 2.45) is 0 Å². The van der Waals surface area contributed by atoms with Crippen LogP contribution in [0.15, 0.2) is 91.0 Å². The average Bonchev–Trinajstić information content (AvgIpc) is 3.23. The number of methoxy groups -OCH3 is 2. The molecule has 0 spiro atoms. The third kappa shape index (κ3) is 3.54. The standard InChI is InChI=1S/C35H28O6/c1-34(38)30-19-25(40-3)13-15-27(30)31-26-14-12-24(39-2)18-29(26)33-28(32(31)34)16-17-35(41-33,20-4-8-22(36)9-5-20)21-6-10-23(37)11-7-21/h4-19,36-38H,1-3H3. The Morgan fingerprint density at radius 1 is 0.707 bits per heavy atom. The van der Waals surface area contributed by atoms with Gasteiger partial charge >= 0.3 is 0 Å². The largest absolute Gasteiger partial charge is 0.508 e. The van der Waals surface area contributed by atoms with Crippen molar-refractivity contribution in [3.8, 4) is 39.9 Å². The van der Waals surface area contributed by atoms with Crippen molar-refractivity contribution >= 4 is 16.8 Å². The first-order valence-corrected chi connectivity index (χ1v) is 13.3. The molecule has 5 aromatic rings. The second-order valence-electron chi connectivity index (χ2n) is 10.7. The van der Waals surface area contributed by atoms with E-state index in [0.717, 1.165) is 49.7 Å². The van der Waals surface area contributed by atoms with Gasteiger partial charge in [-0.05, 0) is 89.7 Å². The third-order valence-corrected chi connectivity index (χ3v) is 8.35. The number of phenols is 2. The average molecular weight is 545 g/mol. The number of rotatable bonds is 4. The highest BCUT2D eigenvalue weighted by Crippen LogP contribution is 2.58. The van der Waals surface area contributed by atoms with Crippen LogP contribution in [0.25, 0.3) is 28.0 Å². The van der Waals surface area contributed by atoms with Crippen LogP contribution in [0.1, 0.15) is 34.7 Å². The quantitative estimate of drug-likeness (QED) is 0.229. The lowest BCUT2D eigenvalue weighted by atomic mass is 9.80. The first-order chi connectivity index (χ1) is 19.8. The second-order valence-corrected chi connectivity index (χ2v) is 10.7. The van der Waals surface area contributed by atoms with Gasteiger partial charge in [0.15, 0.2) is 5.60 Å². The normalized spacial score (nSPS) is 17.9. The predicted molar refractivity (Wildman–Crippen MR) is 158 cm³/mol. The molecule has 0 saturated heterocycles. The molecule has 1 heterocycles. The summed E-state index contributed by atoms with van der Waals surface area (Å²) in [6, 6.07) is 25.5. The van der Waals surface area contributed by atoms with Gasteiger partial charge in [-0.3, -0.25) is 0 Å². The van der Waals surface area contributed by atoms with E-state index in [0.29, 0.717) is 17.2 Å². The minimum atomic E-state index is -1.32. The highest BCUT2D eigenvalue weighted by Gasteiger charge is 2.45. The van der Waals surface area contributed by atoms with Crippen LogP contribution in [0.4, 0.5) is 0 Å².